The van der Waals surface area contributed by atoms with Crippen molar-refractivity contribution in [2.24, 2.45) is 0 Å². The van der Waals surface area contributed by atoms with Crippen molar-refractivity contribution in [3.05, 3.63) is 53.5 Å². The third kappa shape index (κ3) is 3.19. The zero-order valence-corrected chi connectivity index (χ0v) is 13.5. The number of aromatic nitrogens is 3. The summed E-state index contributed by atoms with van der Waals surface area (Å²) in [6.07, 6.45) is -1.75. The van der Waals surface area contributed by atoms with Gasteiger partial charge in [-0.2, -0.15) is 18.3 Å². The number of halogens is 3. The van der Waals surface area contributed by atoms with Gasteiger partial charge in [-0.1, -0.05) is 6.07 Å². The van der Waals surface area contributed by atoms with Crippen LogP contribution in [0.25, 0.3) is 16.8 Å². The van der Waals surface area contributed by atoms with Gasteiger partial charge in [0.05, 0.1) is 18.4 Å². The number of carbonyl (C=O) groups excluding carboxylic acids is 1. The highest BCUT2D eigenvalue weighted by Gasteiger charge is 2.31. The SMILES string of the molecule is CCOC(=O)c1cnc2c(-c3cc(C)cc(C(F)(F)F)c3)ccnn12. The van der Waals surface area contributed by atoms with E-state index in [1.807, 2.05) is 0 Å². The number of carbonyl (C=O) groups is 1. The first kappa shape index (κ1) is 16.9. The highest BCUT2D eigenvalue weighted by Crippen LogP contribution is 2.34. The van der Waals surface area contributed by atoms with Gasteiger partial charge in [0.2, 0.25) is 0 Å². The lowest BCUT2D eigenvalue weighted by atomic mass is 10.0. The number of nitrogens with zero attached hydrogens (tertiary/aromatic N) is 3. The quantitative estimate of drug-likeness (QED) is 0.673. The van der Waals surface area contributed by atoms with Crippen molar-refractivity contribution >= 4 is 11.6 Å². The van der Waals surface area contributed by atoms with Gasteiger partial charge in [0.15, 0.2) is 11.3 Å². The average Bonchev–Trinajstić information content (AvgIpc) is 2.97. The van der Waals surface area contributed by atoms with Gasteiger partial charge in [-0.3, -0.25) is 0 Å². The Balaban J connectivity index is 2.17. The van der Waals surface area contributed by atoms with Crippen LogP contribution >= 0.6 is 0 Å². The predicted octanol–water partition coefficient (Wildman–Crippen LogP) is 3.90. The van der Waals surface area contributed by atoms with Crippen LogP contribution in [-0.2, 0) is 10.9 Å². The Morgan fingerprint density at radius 2 is 2.04 bits per heavy atom. The van der Waals surface area contributed by atoms with Crippen molar-refractivity contribution in [2.45, 2.75) is 20.0 Å². The first-order chi connectivity index (χ1) is 11.8. The van der Waals surface area contributed by atoms with Gasteiger partial charge in [0.1, 0.15) is 0 Å². The van der Waals surface area contributed by atoms with Crippen molar-refractivity contribution in [3.63, 3.8) is 0 Å². The number of aryl methyl sites for hydroxylation is 1. The zero-order chi connectivity index (χ0) is 18.2. The number of hydrogen-bond donors (Lipinski definition) is 0. The maximum Gasteiger partial charge on any atom is 0.416 e. The van der Waals surface area contributed by atoms with E-state index in [0.717, 1.165) is 12.1 Å². The molecule has 0 bridgehead atoms. The fourth-order valence-electron chi connectivity index (χ4n) is 2.57. The summed E-state index contributed by atoms with van der Waals surface area (Å²) < 4.78 is 45.4. The maximum atomic E-state index is 13.1. The predicted molar refractivity (Wildman–Crippen MR) is 84.1 cm³/mol. The normalized spacial score (nSPS) is 11.7. The van der Waals surface area contributed by atoms with Crippen molar-refractivity contribution in [1.82, 2.24) is 14.6 Å². The summed E-state index contributed by atoms with van der Waals surface area (Å²) in [5, 5.41) is 4.06. The van der Waals surface area contributed by atoms with Crippen molar-refractivity contribution in [2.75, 3.05) is 6.61 Å². The number of hydrogen-bond acceptors (Lipinski definition) is 4. The molecule has 8 heteroatoms. The molecule has 0 amide bonds. The van der Waals surface area contributed by atoms with Crippen molar-refractivity contribution in [3.8, 4) is 11.1 Å². The van der Waals surface area contributed by atoms with Crippen LogP contribution in [0.2, 0.25) is 0 Å². The first-order valence-corrected chi connectivity index (χ1v) is 7.50. The molecule has 0 radical (unpaired) electrons. The Morgan fingerprint density at radius 3 is 2.72 bits per heavy atom. The molecule has 5 nitrogen and oxygen atoms in total. The molecule has 25 heavy (non-hydrogen) atoms. The van der Waals surface area contributed by atoms with Crippen molar-refractivity contribution < 1.29 is 22.7 Å². The first-order valence-electron chi connectivity index (χ1n) is 7.50. The van der Waals surface area contributed by atoms with Gasteiger partial charge in [-0.05, 0) is 43.2 Å². The van der Waals surface area contributed by atoms with Gasteiger partial charge >= 0.3 is 12.1 Å². The molecule has 2 heterocycles. The van der Waals surface area contributed by atoms with E-state index in [1.165, 1.54) is 16.9 Å². The highest BCUT2D eigenvalue weighted by atomic mass is 19.4. The summed E-state index contributed by atoms with van der Waals surface area (Å²) in [5.41, 5.74) is 0.916. The zero-order valence-electron chi connectivity index (χ0n) is 13.5. The van der Waals surface area contributed by atoms with Crippen LogP contribution in [0.15, 0.2) is 36.7 Å². The Labute approximate surface area is 141 Å². The van der Waals surface area contributed by atoms with Crippen LogP contribution < -0.4 is 0 Å². The van der Waals surface area contributed by atoms with Gasteiger partial charge in [-0.25, -0.2) is 14.3 Å². The summed E-state index contributed by atoms with van der Waals surface area (Å²) >= 11 is 0. The molecule has 0 atom stereocenters. The molecule has 0 aliphatic heterocycles. The second-order valence-corrected chi connectivity index (χ2v) is 5.43. The smallest absolute Gasteiger partial charge is 0.416 e. The Bertz CT molecular complexity index is 948. The molecule has 130 valence electrons. The Kier molecular flexibility index (Phi) is 4.20. The number of benzene rings is 1. The molecule has 3 rings (SSSR count). The number of esters is 1. The van der Waals surface area contributed by atoms with E-state index in [2.05, 4.69) is 10.1 Å². The van der Waals surface area contributed by atoms with E-state index < -0.39 is 17.7 Å². The molecule has 0 aliphatic carbocycles. The summed E-state index contributed by atoms with van der Waals surface area (Å²) in [6.45, 7) is 3.46. The monoisotopic (exact) mass is 349 g/mol. The number of imidazole rings is 1. The molecular formula is C17H14F3N3O2. The van der Waals surface area contributed by atoms with E-state index >= 15 is 0 Å². The molecule has 3 aromatic rings. The lowest BCUT2D eigenvalue weighted by Crippen LogP contribution is -2.09. The summed E-state index contributed by atoms with van der Waals surface area (Å²) in [7, 11) is 0. The Hall–Kier alpha value is -2.90. The molecule has 0 saturated heterocycles. The van der Waals surface area contributed by atoms with Gasteiger partial charge in [0, 0.05) is 11.8 Å². The van der Waals surface area contributed by atoms with E-state index in [9.17, 15) is 18.0 Å². The van der Waals surface area contributed by atoms with E-state index in [0.29, 0.717) is 16.7 Å². The molecular weight excluding hydrogens is 335 g/mol. The molecule has 0 spiro atoms. The van der Waals surface area contributed by atoms with Crippen molar-refractivity contribution in [1.29, 1.82) is 0 Å². The number of rotatable bonds is 3. The van der Waals surface area contributed by atoms with Gasteiger partial charge in [-0.15, -0.1) is 0 Å². The van der Waals surface area contributed by atoms with Crippen LogP contribution in [0, 0.1) is 6.92 Å². The molecule has 0 fully saturated rings. The van der Waals surface area contributed by atoms with Crippen LogP contribution in [-0.4, -0.2) is 27.2 Å². The molecule has 0 N–H and O–H groups in total. The molecule has 1 aromatic carbocycles. The second-order valence-electron chi connectivity index (χ2n) is 5.43. The lowest BCUT2D eigenvalue weighted by molar-refractivity contribution is -0.137. The summed E-state index contributed by atoms with van der Waals surface area (Å²) in [5.74, 6) is -0.597. The number of ether oxygens (including phenoxy) is 1. The molecule has 0 aliphatic rings. The minimum atomic E-state index is -4.45. The Morgan fingerprint density at radius 1 is 1.28 bits per heavy atom. The topological polar surface area (TPSA) is 56.5 Å². The fraction of sp³-hybridized carbons (Fsp3) is 0.235. The summed E-state index contributed by atoms with van der Waals surface area (Å²) in [6, 6.07) is 5.33. The highest BCUT2D eigenvalue weighted by molar-refractivity contribution is 5.90. The van der Waals surface area contributed by atoms with Crippen LogP contribution in [0.5, 0.6) is 0 Å². The minimum absolute atomic E-state index is 0.113. The minimum Gasteiger partial charge on any atom is -0.461 e. The molecule has 0 saturated carbocycles. The third-order valence-corrected chi connectivity index (χ3v) is 3.60. The van der Waals surface area contributed by atoms with E-state index in [1.54, 1.807) is 26.0 Å². The standard InChI is InChI=1S/C17H14F3N3O2/c1-3-25-16(24)14-9-21-15-13(4-5-22-23(14)15)11-6-10(2)7-12(8-11)17(18,19)20/h4-9H,3H2,1-2H3. The number of fused-ring (bicyclic) bond motifs is 1. The van der Waals surface area contributed by atoms with Crippen LogP contribution in [0.1, 0.15) is 28.5 Å². The largest absolute Gasteiger partial charge is 0.461 e. The molecule has 0 unspecified atom stereocenters. The van der Waals surface area contributed by atoms with E-state index in [4.69, 9.17) is 4.74 Å². The van der Waals surface area contributed by atoms with Gasteiger partial charge < -0.3 is 4.74 Å². The summed E-state index contributed by atoms with van der Waals surface area (Å²) in [4.78, 5) is 16.1. The number of alkyl halides is 3. The van der Waals surface area contributed by atoms with Crippen LogP contribution in [0.3, 0.4) is 0 Å². The average molecular weight is 349 g/mol. The molecule has 2 aromatic heterocycles. The maximum absolute atomic E-state index is 13.1. The van der Waals surface area contributed by atoms with Gasteiger partial charge in [0.25, 0.3) is 0 Å². The van der Waals surface area contributed by atoms with Crippen LogP contribution in [0.4, 0.5) is 13.2 Å². The fourth-order valence-corrected chi connectivity index (χ4v) is 2.57. The lowest BCUT2D eigenvalue weighted by Gasteiger charge is -2.11. The second kappa shape index (κ2) is 6.19. The van der Waals surface area contributed by atoms with E-state index in [-0.39, 0.29) is 17.9 Å². The third-order valence-electron chi connectivity index (χ3n) is 3.60.